The Hall–Kier alpha value is -2.53. The molecule has 0 bridgehead atoms. The molecule has 1 aliphatic heterocycles. The zero-order chi connectivity index (χ0) is 17.5. The van der Waals surface area contributed by atoms with Crippen molar-refractivity contribution < 1.29 is 19.0 Å². The molecule has 1 aliphatic rings. The molecular formula is C20H23NO4. The summed E-state index contributed by atoms with van der Waals surface area (Å²) >= 11 is 0. The number of rotatable bonds is 7. The summed E-state index contributed by atoms with van der Waals surface area (Å²) in [4.78, 5) is 12.2. The van der Waals surface area contributed by atoms with E-state index in [0.717, 1.165) is 25.2 Å². The fourth-order valence-corrected chi connectivity index (χ4v) is 2.60. The van der Waals surface area contributed by atoms with E-state index in [4.69, 9.17) is 14.2 Å². The van der Waals surface area contributed by atoms with E-state index in [9.17, 15) is 4.79 Å². The predicted octanol–water partition coefficient (Wildman–Crippen LogP) is 3.65. The van der Waals surface area contributed by atoms with Gasteiger partial charge >= 0.3 is 0 Å². The van der Waals surface area contributed by atoms with Crippen molar-refractivity contribution in [2.24, 2.45) is 0 Å². The van der Waals surface area contributed by atoms with Gasteiger partial charge in [-0.2, -0.15) is 0 Å². The van der Waals surface area contributed by atoms with E-state index < -0.39 is 6.10 Å². The van der Waals surface area contributed by atoms with Crippen LogP contribution in [0, 0.1) is 0 Å². The number of hydrogen-bond donors (Lipinski definition) is 1. The molecule has 1 amide bonds. The minimum Gasteiger partial charge on any atom is -0.491 e. The van der Waals surface area contributed by atoms with Crippen molar-refractivity contribution in [3.8, 4) is 11.5 Å². The molecule has 25 heavy (non-hydrogen) atoms. The summed E-state index contributed by atoms with van der Waals surface area (Å²) in [6, 6.07) is 16.6. The van der Waals surface area contributed by atoms with Crippen molar-refractivity contribution >= 4 is 11.6 Å². The van der Waals surface area contributed by atoms with E-state index in [0.29, 0.717) is 18.0 Å². The molecule has 0 spiro atoms. The van der Waals surface area contributed by atoms with E-state index in [1.54, 1.807) is 6.92 Å². The van der Waals surface area contributed by atoms with Crippen LogP contribution in [0.5, 0.6) is 11.5 Å². The third-order valence-electron chi connectivity index (χ3n) is 4.01. The fourth-order valence-electron chi connectivity index (χ4n) is 2.60. The molecule has 1 fully saturated rings. The maximum atomic E-state index is 12.2. The number of nitrogens with one attached hydrogen (secondary N) is 1. The fraction of sp³-hybridized carbons (Fsp3) is 0.350. The summed E-state index contributed by atoms with van der Waals surface area (Å²) in [5.74, 6) is 1.24. The van der Waals surface area contributed by atoms with Crippen LogP contribution in [0.15, 0.2) is 54.6 Å². The molecule has 0 aliphatic carbocycles. The van der Waals surface area contributed by atoms with E-state index in [2.05, 4.69) is 5.32 Å². The Balaban J connectivity index is 1.47. The highest BCUT2D eigenvalue weighted by atomic mass is 16.5. The quantitative estimate of drug-likeness (QED) is 0.835. The molecule has 132 valence electrons. The molecule has 5 nitrogen and oxygen atoms in total. The third kappa shape index (κ3) is 5.22. The second kappa shape index (κ2) is 8.53. The maximum Gasteiger partial charge on any atom is 0.265 e. The second-order valence-corrected chi connectivity index (χ2v) is 6.03. The highest BCUT2D eigenvalue weighted by Gasteiger charge is 2.16. The standard InChI is InChI=1S/C20H23NO4/c1-15(25-18-6-3-2-4-7-18)20(22)21-16-9-11-17(12-10-16)24-14-19-8-5-13-23-19/h2-4,6-7,9-12,15,19H,5,8,13-14H2,1H3,(H,21,22)/t15-,19+/m1/s1. The summed E-state index contributed by atoms with van der Waals surface area (Å²) in [6.07, 6.45) is 1.75. The minimum atomic E-state index is -0.585. The van der Waals surface area contributed by atoms with Crippen molar-refractivity contribution in [3.05, 3.63) is 54.6 Å². The lowest BCUT2D eigenvalue weighted by molar-refractivity contribution is -0.122. The molecule has 3 rings (SSSR count). The highest BCUT2D eigenvalue weighted by Crippen LogP contribution is 2.19. The summed E-state index contributed by atoms with van der Waals surface area (Å²) < 4.78 is 16.9. The molecule has 5 heteroatoms. The SMILES string of the molecule is C[C@@H](Oc1ccccc1)C(=O)Nc1ccc(OC[C@@H]2CCCO2)cc1. The first-order valence-electron chi connectivity index (χ1n) is 8.58. The first-order valence-corrected chi connectivity index (χ1v) is 8.58. The van der Waals surface area contributed by atoms with Gasteiger partial charge in [-0.1, -0.05) is 18.2 Å². The average molecular weight is 341 g/mol. The Kier molecular flexibility index (Phi) is 5.90. The van der Waals surface area contributed by atoms with Crippen LogP contribution in [0.2, 0.25) is 0 Å². The predicted molar refractivity (Wildman–Crippen MR) is 96.1 cm³/mol. The van der Waals surface area contributed by atoms with Gasteiger partial charge in [-0.15, -0.1) is 0 Å². The highest BCUT2D eigenvalue weighted by molar-refractivity contribution is 5.94. The van der Waals surface area contributed by atoms with Crippen molar-refractivity contribution in [3.63, 3.8) is 0 Å². The van der Waals surface area contributed by atoms with Gasteiger partial charge in [0.1, 0.15) is 18.1 Å². The first-order chi connectivity index (χ1) is 12.2. The lowest BCUT2D eigenvalue weighted by Crippen LogP contribution is -2.30. The molecule has 0 aromatic heterocycles. The molecule has 2 aromatic rings. The molecule has 0 unspecified atom stereocenters. The van der Waals surface area contributed by atoms with Crippen molar-refractivity contribution in [1.29, 1.82) is 0 Å². The van der Waals surface area contributed by atoms with Crippen LogP contribution in [0.3, 0.4) is 0 Å². The summed E-state index contributed by atoms with van der Waals surface area (Å²) in [5.41, 5.74) is 0.706. The van der Waals surface area contributed by atoms with Crippen molar-refractivity contribution in [1.82, 2.24) is 0 Å². The monoisotopic (exact) mass is 341 g/mol. The van der Waals surface area contributed by atoms with Crippen molar-refractivity contribution in [2.75, 3.05) is 18.5 Å². The molecule has 2 aromatic carbocycles. The minimum absolute atomic E-state index is 0.190. The number of carbonyl (C=O) groups excluding carboxylic acids is 1. The zero-order valence-corrected chi connectivity index (χ0v) is 14.3. The Morgan fingerprint density at radius 3 is 2.60 bits per heavy atom. The Labute approximate surface area is 147 Å². The van der Waals surface area contributed by atoms with Gasteiger partial charge in [0.15, 0.2) is 6.10 Å². The van der Waals surface area contributed by atoms with Crippen LogP contribution in [0.25, 0.3) is 0 Å². The van der Waals surface area contributed by atoms with Crippen LogP contribution >= 0.6 is 0 Å². The van der Waals surface area contributed by atoms with E-state index >= 15 is 0 Å². The number of amides is 1. The van der Waals surface area contributed by atoms with E-state index in [1.807, 2.05) is 54.6 Å². The van der Waals surface area contributed by atoms with Crippen LogP contribution < -0.4 is 14.8 Å². The normalized spacial score (nSPS) is 17.7. The number of para-hydroxylation sites is 1. The number of benzene rings is 2. The second-order valence-electron chi connectivity index (χ2n) is 6.03. The first kappa shape index (κ1) is 17.3. The Bertz CT molecular complexity index is 666. The maximum absolute atomic E-state index is 12.2. The molecule has 1 saturated heterocycles. The molecule has 2 atom stereocenters. The van der Waals surface area contributed by atoms with Crippen LogP contribution in [0.4, 0.5) is 5.69 Å². The lowest BCUT2D eigenvalue weighted by Gasteiger charge is -2.15. The van der Waals surface area contributed by atoms with Crippen molar-refractivity contribution in [2.45, 2.75) is 32.0 Å². The molecular weight excluding hydrogens is 318 g/mol. The molecule has 1 N–H and O–H groups in total. The topological polar surface area (TPSA) is 56.8 Å². The lowest BCUT2D eigenvalue weighted by atomic mass is 10.2. The number of ether oxygens (including phenoxy) is 3. The summed E-state index contributed by atoms with van der Waals surface area (Å²) in [5, 5.41) is 2.84. The average Bonchev–Trinajstić information content (AvgIpc) is 3.15. The third-order valence-corrected chi connectivity index (χ3v) is 4.01. The number of anilines is 1. The van der Waals surface area contributed by atoms with Gasteiger partial charge in [0.25, 0.3) is 5.91 Å². The smallest absolute Gasteiger partial charge is 0.265 e. The molecule has 0 saturated carbocycles. The van der Waals surface area contributed by atoms with Crippen LogP contribution in [-0.2, 0) is 9.53 Å². The number of hydrogen-bond acceptors (Lipinski definition) is 4. The molecule has 0 radical (unpaired) electrons. The van der Waals surface area contributed by atoms with Gasteiger partial charge in [-0.3, -0.25) is 4.79 Å². The summed E-state index contributed by atoms with van der Waals surface area (Å²) in [6.45, 7) is 3.11. The van der Waals surface area contributed by atoms with Gasteiger partial charge in [0.2, 0.25) is 0 Å². The van der Waals surface area contributed by atoms with Gasteiger partial charge in [0, 0.05) is 12.3 Å². The number of carbonyl (C=O) groups is 1. The van der Waals surface area contributed by atoms with Gasteiger partial charge < -0.3 is 19.5 Å². The molecule has 1 heterocycles. The Morgan fingerprint density at radius 1 is 1.16 bits per heavy atom. The zero-order valence-electron chi connectivity index (χ0n) is 14.3. The largest absolute Gasteiger partial charge is 0.491 e. The summed E-state index contributed by atoms with van der Waals surface area (Å²) in [7, 11) is 0. The Morgan fingerprint density at radius 2 is 1.92 bits per heavy atom. The van der Waals surface area contributed by atoms with Gasteiger partial charge in [0.05, 0.1) is 6.10 Å². The van der Waals surface area contributed by atoms with E-state index in [-0.39, 0.29) is 12.0 Å². The van der Waals surface area contributed by atoms with Gasteiger partial charge in [-0.25, -0.2) is 0 Å². The van der Waals surface area contributed by atoms with E-state index in [1.165, 1.54) is 0 Å². The van der Waals surface area contributed by atoms with Crippen LogP contribution in [-0.4, -0.2) is 31.3 Å². The van der Waals surface area contributed by atoms with Gasteiger partial charge in [-0.05, 0) is 56.2 Å². The van der Waals surface area contributed by atoms with Crippen LogP contribution in [0.1, 0.15) is 19.8 Å².